The summed E-state index contributed by atoms with van der Waals surface area (Å²) < 4.78 is 0. The zero-order valence-electron chi connectivity index (χ0n) is 14.9. The van der Waals surface area contributed by atoms with E-state index in [-0.39, 0.29) is 11.4 Å². The van der Waals surface area contributed by atoms with Gasteiger partial charge in [0.05, 0.1) is 5.69 Å². The van der Waals surface area contributed by atoms with Crippen molar-refractivity contribution in [2.45, 2.75) is 6.92 Å². The number of allylic oxidation sites excluding steroid dienone is 1. The number of thiazole rings is 1. The number of aromatic amines is 1. The third-order valence-corrected chi connectivity index (χ3v) is 5.06. The van der Waals surface area contributed by atoms with Gasteiger partial charge >= 0.3 is 0 Å². The van der Waals surface area contributed by atoms with Gasteiger partial charge in [-0.2, -0.15) is 10.5 Å². The molecule has 0 fully saturated rings. The van der Waals surface area contributed by atoms with Gasteiger partial charge in [-0.05, 0) is 24.3 Å². The second-order valence-electron chi connectivity index (χ2n) is 5.92. The summed E-state index contributed by atoms with van der Waals surface area (Å²) in [7, 11) is 0. The molecule has 0 aliphatic carbocycles. The van der Waals surface area contributed by atoms with E-state index in [1.54, 1.807) is 17.5 Å². The molecule has 136 valence electrons. The summed E-state index contributed by atoms with van der Waals surface area (Å²) in [6.07, 6.45) is 1.56. The molecule has 0 radical (unpaired) electrons. The van der Waals surface area contributed by atoms with Crippen molar-refractivity contribution in [3.05, 3.63) is 71.5 Å². The average molecular weight is 385 g/mol. The molecule has 0 aliphatic rings. The molecule has 28 heavy (non-hydrogen) atoms. The summed E-state index contributed by atoms with van der Waals surface area (Å²) in [5.41, 5.74) is 4.24. The predicted octanol–water partition coefficient (Wildman–Crippen LogP) is 4.28. The molecule has 0 saturated carbocycles. The van der Waals surface area contributed by atoms with E-state index in [9.17, 15) is 5.26 Å². The Morgan fingerprint density at radius 2 is 1.96 bits per heavy atom. The van der Waals surface area contributed by atoms with Crippen molar-refractivity contribution in [1.82, 2.24) is 25.6 Å². The summed E-state index contributed by atoms with van der Waals surface area (Å²) in [6, 6.07) is 20.1. The normalized spacial score (nSPS) is 11.2. The Bertz CT molecular complexity index is 1150. The number of aromatic nitrogens is 5. The van der Waals surface area contributed by atoms with Crippen molar-refractivity contribution >= 4 is 22.6 Å². The van der Waals surface area contributed by atoms with Gasteiger partial charge in [-0.25, -0.2) is 4.98 Å². The average Bonchev–Trinajstić information content (AvgIpc) is 3.40. The molecule has 7 nitrogen and oxygen atoms in total. The SMILES string of the molecule is Cc1sc(-c2cccc(NC=C(C#N)c3nn[nH]n3)c2)nc1-c1ccccc1. The van der Waals surface area contributed by atoms with Crippen LogP contribution < -0.4 is 5.32 Å². The maximum atomic E-state index is 9.26. The lowest BCUT2D eigenvalue weighted by atomic mass is 10.1. The van der Waals surface area contributed by atoms with Gasteiger partial charge in [-0.15, -0.1) is 21.5 Å². The van der Waals surface area contributed by atoms with Gasteiger partial charge in [0.1, 0.15) is 16.6 Å². The molecule has 0 atom stereocenters. The molecule has 0 spiro atoms. The van der Waals surface area contributed by atoms with Gasteiger partial charge in [-0.1, -0.05) is 42.5 Å². The quantitative estimate of drug-likeness (QED) is 0.497. The second kappa shape index (κ2) is 7.82. The number of nitrogens with zero attached hydrogens (tertiary/aromatic N) is 5. The molecule has 2 aromatic heterocycles. The summed E-state index contributed by atoms with van der Waals surface area (Å²) in [4.78, 5) is 6.00. The van der Waals surface area contributed by atoms with Gasteiger partial charge in [-0.3, -0.25) is 0 Å². The maximum Gasteiger partial charge on any atom is 0.216 e. The Morgan fingerprint density at radius 3 is 2.71 bits per heavy atom. The lowest BCUT2D eigenvalue weighted by molar-refractivity contribution is 0.881. The first-order valence-electron chi connectivity index (χ1n) is 8.48. The highest BCUT2D eigenvalue weighted by Gasteiger charge is 2.11. The molecular formula is C20H15N7S. The van der Waals surface area contributed by atoms with Crippen LogP contribution in [0.4, 0.5) is 5.69 Å². The number of benzene rings is 2. The van der Waals surface area contributed by atoms with E-state index in [4.69, 9.17) is 4.98 Å². The van der Waals surface area contributed by atoms with Gasteiger partial charge < -0.3 is 5.32 Å². The predicted molar refractivity (Wildman–Crippen MR) is 109 cm³/mol. The molecule has 2 aromatic carbocycles. The molecule has 0 aliphatic heterocycles. The number of rotatable bonds is 5. The van der Waals surface area contributed by atoms with Gasteiger partial charge in [0.2, 0.25) is 5.82 Å². The van der Waals surface area contributed by atoms with Crippen LogP contribution in [0.1, 0.15) is 10.7 Å². The van der Waals surface area contributed by atoms with E-state index in [1.807, 2.05) is 42.5 Å². The molecule has 4 rings (SSSR count). The first-order valence-corrected chi connectivity index (χ1v) is 9.30. The summed E-state index contributed by atoms with van der Waals surface area (Å²) >= 11 is 1.66. The Balaban J connectivity index is 1.61. The number of hydrogen-bond acceptors (Lipinski definition) is 7. The van der Waals surface area contributed by atoms with Crippen molar-refractivity contribution in [2.75, 3.05) is 5.32 Å². The number of tetrazole rings is 1. The van der Waals surface area contributed by atoms with Crippen LogP contribution in [0.15, 0.2) is 60.8 Å². The third-order valence-electron chi connectivity index (χ3n) is 4.04. The highest BCUT2D eigenvalue weighted by molar-refractivity contribution is 7.15. The summed E-state index contributed by atoms with van der Waals surface area (Å²) in [5, 5.41) is 26.8. The number of H-pyrrole nitrogens is 1. The molecule has 0 saturated heterocycles. The number of aryl methyl sites for hydroxylation is 1. The minimum Gasteiger partial charge on any atom is -0.360 e. The summed E-state index contributed by atoms with van der Waals surface area (Å²) in [6.45, 7) is 2.08. The molecule has 8 heteroatoms. The van der Waals surface area contributed by atoms with Crippen LogP contribution in [0, 0.1) is 18.3 Å². The van der Waals surface area contributed by atoms with Crippen LogP contribution >= 0.6 is 11.3 Å². The van der Waals surface area contributed by atoms with Crippen molar-refractivity contribution in [2.24, 2.45) is 0 Å². The molecule has 4 aromatic rings. The summed E-state index contributed by atoms with van der Waals surface area (Å²) in [5.74, 6) is 0.245. The minimum absolute atomic E-state index is 0.245. The number of nitrogens with one attached hydrogen (secondary N) is 2. The van der Waals surface area contributed by atoms with Crippen LogP contribution in [-0.4, -0.2) is 25.6 Å². The number of hydrogen-bond donors (Lipinski definition) is 2. The lowest BCUT2D eigenvalue weighted by Gasteiger charge is -2.03. The fourth-order valence-corrected chi connectivity index (χ4v) is 3.64. The van der Waals surface area contributed by atoms with E-state index in [0.717, 1.165) is 27.5 Å². The second-order valence-corrected chi connectivity index (χ2v) is 7.12. The lowest BCUT2D eigenvalue weighted by Crippen LogP contribution is -1.93. The smallest absolute Gasteiger partial charge is 0.216 e. The fraction of sp³-hybridized carbons (Fsp3) is 0.0500. The van der Waals surface area contributed by atoms with Crippen LogP contribution in [-0.2, 0) is 0 Å². The molecule has 0 bridgehead atoms. The number of anilines is 1. The zero-order chi connectivity index (χ0) is 19.3. The Morgan fingerprint density at radius 1 is 1.14 bits per heavy atom. The highest BCUT2D eigenvalue weighted by Crippen LogP contribution is 2.34. The molecule has 0 unspecified atom stereocenters. The zero-order valence-corrected chi connectivity index (χ0v) is 15.7. The van der Waals surface area contributed by atoms with Crippen LogP contribution in [0.25, 0.3) is 27.4 Å². The monoisotopic (exact) mass is 385 g/mol. The topological polar surface area (TPSA) is 103 Å². The molecule has 2 N–H and O–H groups in total. The van der Waals surface area contributed by atoms with Crippen molar-refractivity contribution in [1.29, 1.82) is 5.26 Å². The van der Waals surface area contributed by atoms with Crippen molar-refractivity contribution in [3.63, 3.8) is 0 Å². The van der Waals surface area contributed by atoms with E-state index < -0.39 is 0 Å². The maximum absolute atomic E-state index is 9.26. The third kappa shape index (κ3) is 3.65. The molecule has 2 heterocycles. The van der Waals surface area contributed by atoms with Gasteiger partial charge in [0.15, 0.2) is 0 Å². The van der Waals surface area contributed by atoms with E-state index >= 15 is 0 Å². The molecule has 0 amide bonds. The van der Waals surface area contributed by atoms with E-state index in [0.29, 0.717) is 0 Å². The standard InChI is InChI=1S/C20H15N7S/c1-13-18(14-6-3-2-4-7-14)23-20(28-13)15-8-5-9-17(10-15)22-12-16(11-21)19-24-26-27-25-19/h2-10,12,22H,1H3,(H,24,25,26,27). The van der Waals surface area contributed by atoms with Gasteiger partial charge in [0, 0.05) is 27.9 Å². The van der Waals surface area contributed by atoms with Crippen LogP contribution in [0.2, 0.25) is 0 Å². The Hall–Kier alpha value is -3.83. The highest BCUT2D eigenvalue weighted by atomic mass is 32.1. The largest absolute Gasteiger partial charge is 0.360 e. The van der Waals surface area contributed by atoms with Crippen molar-refractivity contribution in [3.8, 4) is 27.9 Å². The Labute approximate surface area is 165 Å². The van der Waals surface area contributed by atoms with Crippen LogP contribution in [0.5, 0.6) is 0 Å². The first-order chi connectivity index (χ1) is 13.7. The van der Waals surface area contributed by atoms with E-state index in [1.165, 1.54) is 4.88 Å². The Kier molecular flexibility index (Phi) is 4.91. The van der Waals surface area contributed by atoms with Crippen LogP contribution in [0.3, 0.4) is 0 Å². The first kappa shape index (κ1) is 17.6. The number of nitriles is 1. The van der Waals surface area contributed by atoms with Gasteiger partial charge in [0.25, 0.3) is 0 Å². The fourth-order valence-electron chi connectivity index (χ4n) is 2.70. The van der Waals surface area contributed by atoms with E-state index in [2.05, 4.69) is 51.1 Å². The van der Waals surface area contributed by atoms with Crippen molar-refractivity contribution < 1.29 is 0 Å². The minimum atomic E-state index is 0.245. The molecular weight excluding hydrogens is 370 g/mol.